The highest BCUT2D eigenvalue weighted by Gasteiger charge is 2.30. The minimum absolute atomic E-state index is 0.144. The molecule has 9 heteroatoms. The van der Waals surface area contributed by atoms with Gasteiger partial charge in [0.05, 0.1) is 6.54 Å². The molecule has 0 saturated heterocycles. The number of ether oxygens (including phenoxy) is 3. The Balaban J connectivity index is 1.44. The van der Waals surface area contributed by atoms with E-state index in [1.165, 1.54) is 24.3 Å². The molecule has 1 aliphatic heterocycles. The van der Waals surface area contributed by atoms with Gasteiger partial charge in [0.25, 0.3) is 0 Å². The Kier molecular flexibility index (Phi) is 5.93. The summed E-state index contributed by atoms with van der Waals surface area (Å²) in [5.41, 5.74) is 1.65. The quantitative estimate of drug-likeness (QED) is 0.780. The minimum Gasteiger partial charge on any atom is -0.454 e. The summed E-state index contributed by atoms with van der Waals surface area (Å²) in [6.45, 7) is 1.10. The predicted octanol–water partition coefficient (Wildman–Crippen LogP) is 3.06. The van der Waals surface area contributed by atoms with E-state index in [1.807, 2.05) is 12.1 Å². The maximum absolute atomic E-state index is 12.2. The van der Waals surface area contributed by atoms with Crippen LogP contribution in [0, 0.1) is 0 Å². The summed E-state index contributed by atoms with van der Waals surface area (Å²) in [6, 6.07) is 11.0. The van der Waals surface area contributed by atoms with Crippen LogP contribution in [0.3, 0.4) is 0 Å². The maximum Gasteiger partial charge on any atom is 0.573 e. The van der Waals surface area contributed by atoms with Crippen LogP contribution in [-0.4, -0.2) is 37.6 Å². The molecule has 1 amide bonds. The lowest BCUT2D eigenvalue weighted by molar-refractivity contribution is -0.274. The van der Waals surface area contributed by atoms with Gasteiger partial charge in [0, 0.05) is 13.1 Å². The summed E-state index contributed by atoms with van der Waals surface area (Å²) >= 11 is 0. The molecule has 1 aliphatic rings. The number of nitrogens with zero attached hydrogens (tertiary/aromatic N) is 1. The number of amides is 1. The summed E-state index contributed by atoms with van der Waals surface area (Å²) in [6.07, 6.45) is -4.71. The molecule has 0 bridgehead atoms. The largest absolute Gasteiger partial charge is 0.573 e. The first-order valence-corrected chi connectivity index (χ1v) is 8.47. The third kappa shape index (κ3) is 5.78. The van der Waals surface area contributed by atoms with Gasteiger partial charge in [-0.2, -0.15) is 0 Å². The normalized spacial score (nSPS) is 12.9. The van der Waals surface area contributed by atoms with Gasteiger partial charge in [0.15, 0.2) is 11.5 Å². The topological polar surface area (TPSA) is 60.0 Å². The van der Waals surface area contributed by atoms with Crippen molar-refractivity contribution in [1.82, 2.24) is 10.2 Å². The number of hydrogen-bond acceptors (Lipinski definition) is 5. The third-order valence-electron chi connectivity index (χ3n) is 3.95. The molecule has 0 radical (unpaired) electrons. The molecule has 150 valence electrons. The molecule has 0 fully saturated rings. The number of hydrogen-bond donors (Lipinski definition) is 1. The van der Waals surface area contributed by atoms with Crippen molar-refractivity contribution in [2.45, 2.75) is 19.5 Å². The molecule has 3 rings (SSSR count). The van der Waals surface area contributed by atoms with Gasteiger partial charge in [-0.3, -0.25) is 9.69 Å². The second-order valence-electron chi connectivity index (χ2n) is 6.33. The van der Waals surface area contributed by atoms with Gasteiger partial charge in [-0.1, -0.05) is 18.2 Å². The van der Waals surface area contributed by atoms with Crippen molar-refractivity contribution in [3.8, 4) is 17.2 Å². The van der Waals surface area contributed by atoms with Crippen molar-refractivity contribution < 1.29 is 32.2 Å². The summed E-state index contributed by atoms with van der Waals surface area (Å²) in [7, 11) is 1.75. The minimum atomic E-state index is -4.71. The highest BCUT2D eigenvalue weighted by molar-refractivity contribution is 5.78. The third-order valence-corrected chi connectivity index (χ3v) is 3.95. The van der Waals surface area contributed by atoms with Crippen molar-refractivity contribution in [1.29, 1.82) is 0 Å². The van der Waals surface area contributed by atoms with Crippen LogP contribution in [0.1, 0.15) is 11.1 Å². The van der Waals surface area contributed by atoms with E-state index in [2.05, 4.69) is 10.1 Å². The number of alkyl halides is 3. The van der Waals surface area contributed by atoms with E-state index in [0.29, 0.717) is 24.6 Å². The van der Waals surface area contributed by atoms with E-state index in [1.54, 1.807) is 18.0 Å². The summed E-state index contributed by atoms with van der Waals surface area (Å²) < 4.78 is 50.9. The van der Waals surface area contributed by atoms with Gasteiger partial charge in [-0.05, 0) is 42.4 Å². The monoisotopic (exact) mass is 396 g/mol. The SMILES string of the molecule is CN(CC(=O)NCc1ccc2c(c1)OCO2)Cc1ccc(OC(F)(F)F)cc1. The molecule has 0 aromatic heterocycles. The standard InChI is InChI=1S/C19H19F3N2O4/c1-24(10-13-2-5-15(6-3-13)28-19(20,21)22)11-18(25)23-9-14-4-7-16-17(8-14)27-12-26-16/h2-8H,9-12H2,1H3,(H,23,25). The van der Waals surface area contributed by atoms with Crippen molar-refractivity contribution in [3.05, 3.63) is 53.6 Å². The van der Waals surface area contributed by atoms with Gasteiger partial charge in [0.1, 0.15) is 5.75 Å². The highest BCUT2D eigenvalue weighted by Crippen LogP contribution is 2.32. The first-order chi connectivity index (χ1) is 13.3. The fourth-order valence-electron chi connectivity index (χ4n) is 2.72. The molecule has 2 aromatic rings. The lowest BCUT2D eigenvalue weighted by Crippen LogP contribution is -2.34. The Morgan fingerprint density at radius 3 is 2.50 bits per heavy atom. The van der Waals surface area contributed by atoms with Crippen LogP contribution < -0.4 is 19.5 Å². The Morgan fingerprint density at radius 1 is 1.11 bits per heavy atom. The number of rotatable bonds is 7. The highest BCUT2D eigenvalue weighted by atomic mass is 19.4. The van der Waals surface area contributed by atoms with Gasteiger partial charge < -0.3 is 19.5 Å². The molecule has 28 heavy (non-hydrogen) atoms. The van der Waals surface area contributed by atoms with Gasteiger partial charge in [-0.25, -0.2) is 0 Å². The number of halogens is 3. The van der Waals surface area contributed by atoms with E-state index in [-0.39, 0.29) is 25.0 Å². The zero-order valence-electron chi connectivity index (χ0n) is 15.1. The molecule has 0 aliphatic carbocycles. The average Bonchev–Trinajstić information content (AvgIpc) is 3.08. The molecular weight excluding hydrogens is 377 g/mol. The van der Waals surface area contributed by atoms with E-state index in [4.69, 9.17) is 9.47 Å². The lowest BCUT2D eigenvalue weighted by atomic mass is 10.2. The summed E-state index contributed by atoms with van der Waals surface area (Å²) in [4.78, 5) is 13.9. The Labute approximate surface area is 159 Å². The van der Waals surface area contributed by atoms with Gasteiger partial charge >= 0.3 is 6.36 Å². The van der Waals surface area contributed by atoms with E-state index in [9.17, 15) is 18.0 Å². The van der Waals surface area contributed by atoms with Crippen molar-refractivity contribution in [3.63, 3.8) is 0 Å². The van der Waals surface area contributed by atoms with Crippen LogP contribution in [0.5, 0.6) is 17.2 Å². The second-order valence-corrected chi connectivity index (χ2v) is 6.33. The Hall–Kier alpha value is -2.94. The molecular formula is C19H19F3N2O4. The molecule has 0 spiro atoms. The van der Waals surface area contributed by atoms with Crippen LogP contribution in [0.25, 0.3) is 0 Å². The summed E-state index contributed by atoms with van der Waals surface area (Å²) in [5.74, 6) is 0.890. The fourth-order valence-corrected chi connectivity index (χ4v) is 2.72. The van der Waals surface area contributed by atoms with Crippen LogP contribution >= 0.6 is 0 Å². The van der Waals surface area contributed by atoms with Crippen LogP contribution in [-0.2, 0) is 17.9 Å². The molecule has 2 aromatic carbocycles. The zero-order chi connectivity index (χ0) is 20.1. The van der Waals surface area contributed by atoms with E-state index < -0.39 is 6.36 Å². The number of carbonyl (C=O) groups excluding carboxylic acids is 1. The Morgan fingerprint density at radius 2 is 1.79 bits per heavy atom. The fraction of sp³-hybridized carbons (Fsp3) is 0.316. The van der Waals surface area contributed by atoms with Crippen molar-refractivity contribution in [2.24, 2.45) is 0 Å². The van der Waals surface area contributed by atoms with Gasteiger partial charge in [-0.15, -0.1) is 13.2 Å². The first kappa shape index (κ1) is 19.8. The average molecular weight is 396 g/mol. The molecule has 0 atom stereocenters. The van der Waals surface area contributed by atoms with Crippen LogP contribution in [0.4, 0.5) is 13.2 Å². The number of benzene rings is 2. The van der Waals surface area contributed by atoms with Crippen LogP contribution in [0.2, 0.25) is 0 Å². The molecule has 0 saturated carbocycles. The van der Waals surface area contributed by atoms with E-state index in [0.717, 1.165) is 11.1 Å². The van der Waals surface area contributed by atoms with Crippen molar-refractivity contribution >= 4 is 5.91 Å². The van der Waals surface area contributed by atoms with Gasteiger partial charge in [0.2, 0.25) is 12.7 Å². The van der Waals surface area contributed by atoms with Crippen LogP contribution in [0.15, 0.2) is 42.5 Å². The number of likely N-dealkylation sites (N-methyl/N-ethyl adjacent to an activating group) is 1. The van der Waals surface area contributed by atoms with Crippen molar-refractivity contribution in [2.75, 3.05) is 20.4 Å². The predicted molar refractivity (Wildman–Crippen MR) is 93.9 cm³/mol. The number of carbonyl (C=O) groups is 1. The second kappa shape index (κ2) is 8.39. The zero-order valence-corrected chi connectivity index (χ0v) is 15.1. The summed E-state index contributed by atoms with van der Waals surface area (Å²) in [5, 5.41) is 2.82. The molecule has 1 heterocycles. The smallest absolute Gasteiger partial charge is 0.454 e. The first-order valence-electron chi connectivity index (χ1n) is 8.47. The number of fused-ring (bicyclic) bond motifs is 1. The Bertz CT molecular complexity index is 825. The van der Waals surface area contributed by atoms with E-state index >= 15 is 0 Å². The maximum atomic E-state index is 12.2. The molecule has 0 unspecified atom stereocenters. The number of nitrogens with one attached hydrogen (secondary N) is 1. The molecule has 1 N–H and O–H groups in total. The lowest BCUT2D eigenvalue weighted by Gasteiger charge is -2.17. The molecule has 6 nitrogen and oxygen atoms in total.